The van der Waals surface area contributed by atoms with E-state index in [2.05, 4.69) is 27.7 Å². The van der Waals surface area contributed by atoms with Crippen molar-refractivity contribution in [3.8, 4) is 0 Å². The van der Waals surface area contributed by atoms with Crippen LogP contribution in [0.5, 0.6) is 0 Å². The molecule has 2 rings (SSSR count). The molecule has 3 nitrogen and oxygen atoms in total. The van der Waals surface area contributed by atoms with Crippen molar-refractivity contribution < 1.29 is 9.53 Å². The van der Waals surface area contributed by atoms with E-state index in [-0.39, 0.29) is 11.9 Å². The number of aryl methyl sites for hydroxylation is 1. The third-order valence-electron chi connectivity index (χ3n) is 4.44. The van der Waals surface area contributed by atoms with E-state index in [0.29, 0.717) is 24.0 Å². The van der Waals surface area contributed by atoms with Crippen LogP contribution < -0.4 is 0 Å². The van der Waals surface area contributed by atoms with Crippen LogP contribution in [-0.4, -0.2) is 17.6 Å². The van der Waals surface area contributed by atoms with Crippen LogP contribution in [0.3, 0.4) is 0 Å². The second kappa shape index (κ2) is 6.59. The average Bonchev–Trinajstić information content (AvgIpc) is 2.45. The molecule has 0 N–H and O–H groups in total. The van der Waals surface area contributed by atoms with Crippen molar-refractivity contribution in [1.29, 1.82) is 0 Å². The second-order valence-electron chi connectivity index (χ2n) is 6.65. The van der Waals surface area contributed by atoms with E-state index >= 15 is 0 Å². The molecule has 21 heavy (non-hydrogen) atoms. The van der Waals surface area contributed by atoms with Gasteiger partial charge in [-0.05, 0) is 55.6 Å². The fourth-order valence-electron chi connectivity index (χ4n) is 3.09. The number of aromatic nitrogens is 1. The van der Waals surface area contributed by atoms with Gasteiger partial charge < -0.3 is 4.74 Å². The summed E-state index contributed by atoms with van der Waals surface area (Å²) in [5.41, 5.74) is 3.97. The number of pyridine rings is 1. The van der Waals surface area contributed by atoms with Crippen molar-refractivity contribution >= 4 is 5.97 Å². The predicted octanol–water partition coefficient (Wildman–Crippen LogP) is 4.14. The summed E-state index contributed by atoms with van der Waals surface area (Å²) in [7, 11) is 0. The minimum atomic E-state index is -0.233. The van der Waals surface area contributed by atoms with Gasteiger partial charge in [0.1, 0.15) is 0 Å². The molecule has 0 fully saturated rings. The van der Waals surface area contributed by atoms with E-state index in [1.54, 1.807) is 0 Å². The zero-order chi connectivity index (χ0) is 15.6. The van der Waals surface area contributed by atoms with Gasteiger partial charge in [-0.2, -0.15) is 0 Å². The predicted molar refractivity (Wildman–Crippen MR) is 84.6 cm³/mol. The summed E-state index contributed by atoms with van der Waals surface area (Å²) < 4.78 is 5.21. The number of fused-ring (bicyclic) bond motifs is 1. The molecule has 0 aliphatic heterocycles. The lowest BCUT2D eigenvalue weighted by Crippen LogP contribution is -2.22. The molecule has 0 aromatic carbocycles. The maximum atomic E-state index is 12.2. The molecule has 1 atom stereocenters. The molecule has 0 saturated heterocycles. The highest BCUT2D eigenvalue weighted by Crippen LogP contribution is 2.32. The van der Waals surface area contributed by atoms with Crippen LogP contribution >= 0.6 is 0 Å². The van der Waals surface area contributed by atoms with Gasteiger partial charge in [0, 0.05) is 5.69 Å². The van der Waals surface area contributed by atoms with Gasteiger partial charge in [-0.25, -0.2) is 4.79 Å². The molecule has 116 valence electrons. The maximum Gasteiger partial charge on any atom is 0.339 e. The number of carbonyl (C=O) groups is 1. The van der Waals surface area contributed by atoms with Gasteiger partial charge in [0.15, 0.2) is 0 Å². The molecule has 0 bridgehead atoms. The summed E-state index contributed by atoms with van der Waals surface area (Å²) in [6, 6.07) is 2.05. The Bertz CT molecular complexity index is 520. The summed E-state index contributed by atoms with van der Waals surface area (Å²) in [4.78, 5) is 17.0. The molecule has 3 heteroatoms. The highest BCUT2D eigenvalue weighted by atomic mass is 16.5. The van der Waals surface area contributed by atoms with Crippen LogP contribution in [-0.2, 0) is 17.6 Å². The molecule has 1 aliphatic rings. The summed E-state index contributed by atoms with van der Waals surface area (Å²) in [5.74, 6) is 1.37. The van der Waals surface area contributed by atoms with Crippen LogP contribution in [0.4, 0.5) is 0 Å². The molecule has 1 unspecified atom stereocenters. The third-order valence-corrected chi connectivity index (χ3v) is 4.44. The normalized spacial score (nSPS) is 18.0. The molecular formula is C18H27NO2. The molecule has 1 aromatic rings. The third kappa shape index (κ3) is 3.45. The van der Waals surface area contributed by atoms with Gasteiger partial charge in [-0.3, -0.25) is 4.98 Å². The summed E-state index contributed by atoms with van der Waals surface area (Å²) >= 11 is 0. The van der Waals surface area contributed by atoms with Crippen LogP contribution in [0.15, 0.2) is 6.07 Å². The van der Waals surface area contributed by atoms with E-state index < -0.39 is 0 Å². The zero-order valence-corrected chi connectivity index (χ0v) is 13.9. The Morgan fingerprint density at radius 1 is 1.38 bits per heavy atom. The first-order valence-electron chi connectivity index (χ1n) is 8.13. The van der Waals surface area contributed by atoms with Crippen LogP contribution in [0, 0.1) is 11.8 Å². The van der Waals surface area contributed by atoms with E-state index in [9.17, 15) is 4.79 Å². The first-order valence-corrected chi connectivity index (χ1v) is 8.13. The Balaban J connectivity index is 2.41. The quantitative estimate of drug-likeness (QED) is 0.782. The van der Waals surface area contributed by atoms with Crippen molar-refractivity contribution in [3.63, 3.8) is 0 Å². The van der Waals surface area contributed by atoms with Gasteiger partial charge in [0.25, 0.3) is 0 Å². The lowest BCUT2D eigenvalue weighted by atomic mass is 9.79. The monoisotopic (exact) mass is 289 g/mol. The van der Waals surface area contributed by atoms with Gasteiger partial charge in [-0.1, -0.05) is 27.7 Å². The fourth-order valence-corrected chi connectivity index (χ4v) is 3.09. The van der Waals surface area contributed by atoms with Crippen molar-refractivity contribution in [2.45, 2.75) is 59.8 Å². The molecule has 0 spiro atoms. The Morgan fingerprint density at radius 2 is 2.10 bits per heavy atom. The molecule has 0 radical (unpaired) electrons. The maximum absolute atomic E-state index is 12.2. The number of hydrogen-bond acceptors (Lipinski definition) is 3. The number of esters is 1. The minimum absolute atomic E-state index is 0.233. The van der Waals surface area contributed by atoms with Gasteiger partial charge >= 0.3 is 5.97 Å². The molecule has 0 amide bonds. The number of rotatable bonds is 4. The highest BCUT2D eigenvalue weighted by molar-refractivity contribution is 5.91. The largest absolute Gasteiger partial charge is 0.462 e. The van der Waals surface area contributed by atoms with Crippen LogP contribution in [0.25, 0.3) is 0 Å². The number of hydrogen-bond donors (Lipinski definition) is 0. The molecule has 0 saturated carbocycles. The first kappa shape index (κ1) is 16.0. The summed E-state index contributed by atoms with van der Waals surface area (Å²) in [6.07, 6.45) is 3.26. The minimum Gasteiger partial charge on any atom is -0.462 e. The lowest BCUT2D eigenvalue weighted by molar-refractivity contribution is 0.0523. The van der Waals surface area contributed by atoms with Crippen LogP contribution in [0.2, 0.25) is 0 Å². The van der Waals surface area contributed by atoms with Gasteiger partial charge in [-0.15, -0.1) is 0 Å². The topological polar surface area (TPSA) is 39.2 Å². The lowest BCUT2D eigenvalue weighted by Gasteiger charge is -2.28. The van der Waals surface area contributed by atoms with Gasteiger partial charge in [0.2, 0.25) is 0 Å². The Kier molecular flexibility index (Phi) is 5.02. The smallest absolute Gasteiger partial charge is 0.339 e. The Labute approximate surface area is 128 Å². The van der Waals surface area contributed by atoms with E-state index in [0.717, 1.165) is 18.5 Å². The first-order chi connectivity index (χ1) is 9.93. The van der Waals surface area contributed by atoms with E-state index in [1.165, 1.54) is 17.7 Å². The molecule has 1 aromatic heterocycles. The standard InChI is InChI=1S/C18H27NO2/c1-6-21-18(20)15-10-14-9-13(11(2)3)7-8-16(14)19-17(15)12(4)5/h10-13H,6-9H2,1-5H3. The fraction of sp³-hybridized carbons (Fsp3) is 0.667. The van der Waals surface area contributed by atoms with Crippen LogP contribution in [0.1, 0.15) is 74.3 Å². The molecular weight excluding hydrogens is 262 g/mol. The molecule has 1 heterocycles. The Hall–Kier alpha value is -1.38. The SMILES string of the molecule is CCOC(=O)c1cc2c(nc1C(C)C)CCC(C(C)C)C2. The van der Waals surface area contributed by atoms with Gasteiger partial charge in [0.05, 0.1) is 17.9 Å². The summed E-state index contributed by atoms with van der Waals surface area (Å²) in [5, 5.41) is 0. The summed E-state index contributed by atoms with van der Waals surface area (Å²) in [6.45, 7) is 11.0. The Morgan fingerprint density at radius 3 is 2.67 bits per heavy atom. The molecule has 1 aliphatic carbocycles. The number of ether oxygens (including phenoxy) is 1. The van der Waals surface area contributed by atoms with Crippen molar-refractivity contribution in [2.24, 2.45) is 11.8 Å². The highest BCUT2D eigenvalue weighted by Gasteiger charge is 2.26. The van der Waals surface area contributed by atoms with E-state index in [1.807, 2.05) is 13.0 Å². The number of nitrogens with zero attached hydrogens (tertiary/aromatic N) is 1. The van der Waals surface area contributed by atoms with E-state index in [4.69, 9.17) is 9.72 Å². The van der Waals surface area contributed by atoms with Crippen molar-refractivity contribution in [3.05, 3.63) is 28.6 Å². The number of carbonyl (C=O) groups excluding carboxylic acids is 1. The second-order valence-corrected chi connectivity index (χ2v) is 6.65. The average molecular weight is 289 g/mol. The van der Waals surface area contributed by atoms with Crippen molar-refractivity contribution in [2.75, 3.05) is 6.61 Å². The zero-order valence-electron chi connectivity index (χ0n) is 13.9. The van der Waals surface area contributed by atoms with Crippen molar-refractivity contribution in [1.82, 2.24) is 4.98 Å².